The van der Waals surface area contributed by atoms with Gasteiger partial charge in [0.05, 0.1) is 17.6 Å². The molecular weight excluding hydrogens is 326 g/mol. The maximum absolute atomic E-state index is 10.9. The minimum Gasteiger partial charge on any atom is -0.396 e. The number of aliphatic hydroxyl groups excluding tert-OH is 1. The first-order valence-corrected chi connectivity index (χ1v) is 7.55. The Balaban J connectivity index is 1.92. The van der Waals surface area contributed by atoms with E-state index in [-0.39, 0.29) is 18.4 Å². The lowest BCUT2D eigenvalue weighted by Crippen LogP contribution is -2.23. The molecule has 0 radical (unpaired) electrons. The average molecular weight is 344 g/mol. The zero-order chi connectivity index (χ0) is 14.5. The van der Waals surface area contributed by atoms with Crippen molar-refractivity contribution in [2.24, 2.45) is 5.92 Å². The number of hydrogen-bond donors (Lipinski definition) is 1. The van der Waals surface area contributed by atoms with Crippen LogP contribution >= 0.6 is 15.9 Å². The Kier molecular flexibility index (Phi) is 5.51. The molecule has 0 atom stereocenters. The molecule has 0 saturated heterocycles. The summed E-state index contributed by atoms with van der Waals surface area (Å²) in [6.07, 6.45) is 4.04. The number of nitrogens with zero attached hydrogens (tertiary/aromatic N) is 1. The molecule has 0 spiro atoms. The fourth-order valence-corrected chi connectivity index (χ4v) is 3.03. The number of ether oxygens (including phenoxy) is 1. The summed E-state index contributed by atoms with van der Waals surface area (Å²) in [6, 6.07) is 4.97. The van der Waals surface area contributed by atoms with Gasteiger partial charge in [-0.2, -0.15) is 0 Å². The highest BCUT2D eigenvalue weighted by atomic mass is 79.9. The third-order valence-electron chi connectivity index (χ3n) is 3.78. The van der Waals surface area contributed by atoms with Crippen LogP contribution in [0.15, 0.2) is 22.7 Å². The number of hydrogen-bond acceptors (Lipinski definition) is 4. The summed E-state index contributed by atoms with van der Waals surface area (Å²) in [6.45, 7) is 0.625. The van der Waals surface area contributed by atoms with Crippen LogP contribution in [0.5, 0.6) is 0 Å². The van der Waals surface area contributed by atoms with E-state index in [1.807, 2.05) is 6.07 Å². The number of nitro benzene ring substituents is 1. The van der Waals surface area contributed by atoms with Gasteiger partial charge in [-0.15, -0.1) is 0 Å². The van der Waals surface area contributed by atoms with Gasteiger partial charge in [-0.05, 0) is 53.1 Å². The van der Waals surface area contributed by atoms with Crippen LogP contribution in [0.1, 0.15) is 31.2 Å². The predicted octanol–water partition coefficient (Wildman–Crippen LogP) is 3.43. The molecule has 1 fully saturated rings. The lowest BCUT2D eigenvalue weighted by molar-refractivity contribution is -0.385. The van der Waals surface area contributed by atoms with Gasteiger partial charge in [-0.25, -0.2) is 0 Å². The third kappa shape index (κ3) is 3.77. The van der Waals surface area contributed by atoms with Crippen LogP contribution in [-0.2, 0) is 11.3 Å². The van der Waals surface area contributed by atoms with Gasteiger partial charge in [0.1, 0.15) is 4.47 Å². The standard InChI is InChI=1S/C14H18BrNO4/c15-14-11(2-1-3-13(14)16(18)19)9-20-12-6-4-10(8-17)5-7-12/h1-3,10,12,17H,4-9H2. The van der Waals surface area contributed by atoms with Crippen molar-refractivity contribution in [2.75, 3.05) is 6.61 Å². The molecule has 1 aromatic carbocycles. The highest BCUT2D eigenvalue weighted by Gasteiger charge is 2.22. The van der Waals surface area contributed by atoms with Crippen molar-refractivity contribution in [3.05, 3.63) is 38.3 Å². The van der Waals surface area contributed by atoms with E-state index in [2.05, 4.69) is 15.9 Å². The zero-order valence-corrected chi connectivity index (χ0v) is 12.7. The fourth-order valence-electron chi connectivity index (χ4n) is 2.51. The molecule has 1 aliphatic carbocycles. The SMILES string of the molecule is O=[N+]([O-])c1cccc(COC2CCC(CO)CC2)c1Br. The Morgan fingerprint density at radius 2 is 2.05 bits per heavy atom. The molecule has 5 nitrogen and oxygen atoms in total. The Morgan fingerprint density at radius 3 is 2.65 bits per heavy atom. The third-order valence-corrected chi connectivity index (χ3v) is 4.70. The smallest absolute Gasteiger partial charge is 0.283 e. The summed E-state index contributed by atoms with van der Waals surface area (Å²) in [4.78, 5) is 10.5. The molecule has 6 heteroatoms. The van der Waals surface area contributed by atoms with Crippen molar-refractivity contribution in [1.29, 1.82) is 0 Å². The van der Waals surface area contributed by atoms with Gasteiger partial charge in [0, 0.05) is 12.7 Å². The highest BCUT2D eigenvalue weighted by Crippen LogP contribution is 2.31. The van der Waals surface area contributed by atoms with E-state index >= 15 is 0 Å². The number of halogens is 1. The summed E-state index contributed by atoms with van der Waals surface area (Å²) in [5.74, 6) is 0.402. The van der Waals surface area contributed by atoms with Gasteiger partial charge in [0.25, 0.3) is 5.69 Å². The van der Waals surface area contributed by atoms with E-state index in [1.54, 1.807) is 6.07 Å². The van der Waals surface area contributed by atoms with E-state index in [9.17, 15) is 10.1 Å². The lowest BCUT2D eigenvalue weighted by atomic mass is 9.88. The first-order chi connectivity index (χ1) is 9.61. The Hall–Kier alpha value is -0.980. The summed E-state index contributed by atoms with van der Waals surface area (Å²) >= 11 is 3.27. The average Bonchev–Trinajstić information content (AvgIpc) is 2.46. The molecule has 0 unspecified atom stereocenters. The summed E-state index contributed by atoms with van der Waals surface area (Å²) < 4.78 is 6.34. The molecule has 1 saturated carbocycles. The molecule has 0 aromatic heterocycles. The van der Waals surface area contributed by atoms with Gasteiger partial charge >= 0.3 is 0 Å². The molecule has 1 aliphatic rings. The Bertz CT molecular complexity index is 472. The van der Waals surface area contributed by atoms with Crippen LogP contribution in [0.3, 0.4) is 0 Å². The normalized spacial score (nSPS) is 22.7. The van der Waals surface area contributed by atoms with Crippen LogP contribution in [-0.4, -0.2) is 22.7 Å². The predicted molar refractivity (Wildman–Crippen MR) is 78.4 cm³/mol. The maximum atomic E-state index is 10.9. The second-order valence-electron chi connectivity index (χ2n) is 5.14. The number of nitro groups is 1. The second-order valence-corrected chi connectivity index (χ2v) is 5.94. The fraction of sp³-hybridized carbons (Fsp3) is 0.571. The summed E-state index contributed by atoms with van der Waals surface area (Å²) in [7, 11) is 0. The van der Waals surface area contributed by atoms with Crippen LogP contribution in [0.25, 0.3) is 0 Å². The lowest BCUT2D eigenvalue weighted by Gasteiger charge is -2.27. The van der Waals surface area contributed by atoms with Crippen LogP contribution < -0.4 is 0 Å². The van der Waals surface area contributed by atoms with E-state index < -0.39 is 4.92 Å². The molecule has 2 rings (SSSR count). The van der Waals surface area contributed by atoms with Crippen molar-refractivity contribution in [2.45, 2.75) is 38.4 Å². The first-order valence-electron chi connectivity index (χ1n) is 6.76. The number of benzene rings is 1. The number of aliphatic hydroxyl groups is 1. The topological polar surface area (TPSA) is 72.6 Å². The molecular formula is C14H18BrNO4. The van der Waals surface area contributed by atoms with Gasteiger partial charge in [-0.1, -0.05) is 12.1 Å². The van der Waals surface area contributed by atoms with Gasteiger partial charge < -0.3 is 9.84 Å². The quantitative estimate of drug-likeness (QED) is 0.656. The van der Waals surface area contributed by atoms with Crippen LogP contribution in [0.4, 0.5) is 5.69 Å². The van der Waals surface area contributed by atoms with Crippen molar-refractivity contribution < 1.29 is 14.8 Å². The zero-order valence-electron chi connectivity index (χ0n) is 11.1. The molecule has 1 aromatic rings. The van der Waals surface area contributed by atoms with Gasteiger partial charge in [0.15, 0.2) is 0 Å². The van der Waals surface area contributed by atoms with E-state index in [0.29, 0.717) is 17.0 Å². The molecule has 110 valence electrons. The van der Waals surface area contributed by atoms with Crippen molar-refractivity contribution in [3.8, 4) is 0 Å². The summed E-state index contributed by atoms with van der Waals surface area (Å²) in [5, 5.41) is 20.0. The van der Waals surface area contributed by atoms with Crippen LogP contribution in [0.2, 0.25) is 0 Å². The van der Waals surface area contributed by atoms with E-state index in [4.69, 9.17) is 9.84 Å². The van der Waals surface area contributed by atoms with Crippen molar-refractivity contribution in [3.63, 3.8) is 0 Å². The minimum atomic E-state index is -0.403. The maximum Gasteiger partial charge on any atom is 0.283 e. The molecule has 0 amide bonds. The number of rotatable bonds is 5. The molecule has 0 heterocycles. The highest BCUT2D eigenvalue weighted by molar-refractivity contribution is 9.10. The van der Waals surface area contributed by atoms with Gasteiger partial charge in [0.2, 0.25) is 0 Å². The van der Waals surface area contributed by atoms with Crippen LogP contribution in [0, 0.1) is 16.0 Å². The van der Waals surface area contributed by atoms with Crippen molar-refractivity contribution in [1.82, 2.24) is 0 Å². The largest absolute Gasteiger partial charge is 0.396 e. The first kappa shape index (κ1) is 15.4. The van der Waals surface area contributed by atoms with Gasteiger partial charge in [-0.3, -0.25) is 10.1 Å². The summed E-state index contributed by atoms with van der Waals surface area (Å²) in [5.41, 5.74) is 0.860. The Labute approximate surface area is 126 Å². The minimum absolute atomic E-state index is 0.0649. The monoisotopic (exact) mass is 343 g/mol. The second kappa shape index (κ2) is 7.15. The molecule has 0 bridgehead atoms. The molecule has 1 N–H and O–H groups in total. The van der Waals surface area contributed by atoms with E-state index in [1.165, 1.54) is 6.07 Å². The van der Waals surface area contributed by atoms with E-state index in [0.717, 1.165) is 31.2 Å². The molecule has 0 aliphatic heterocycles. The Morgan fingerprint density at radius 1 is 1.35 bits per heavy atom. The van der Waals surface area contributed by atoms with Crippen molar-refractivity contribution >= 4 is 21.6 Å². The molecule has 20 heavy (non-hydrogen) atoms.